The van der Waals surface area contributed by atoms with E-state index >= 15 is 0 Å². The van der Waals surface area contributed by atoms with Crippen LogP contribution in [0.2, 0.25) is 0 Å². The predicted molar refractivity (Wildman–Crippen MR) is 86.7 cm³/mol. The molecule has 2 heterocycles. The Labute approximate surface area is 137 Å². The summed E-state index contributed by atoms with van der Waals surface area (Å²) >= 11 is 0. The first-order chi connectivity index (χ1) is 11.6. The number of rotatable bonds is 4. The zero-order chi connectivity index (χ0) is 17.1. The molecule has 0 fully saturated rings. The lowest BCUT2D eigenvalue weighted by atomic mass is 10.0. The van der Waals surface area contributed by atoms with Crippen LogP contribution in [0.4, 0.5) is 11.8 Å². The van der Waals surface area contributed by atoms with Crippen LogP contribution in [0.5, 0.6) is 5.75 Å². The number of nitrogens with two attached hydrogens (primary N) is 2. The smallest absolute Gasteiger partial charge is 0.222 e. The van der Waals surface area contributed by atoms with Gasteiger partial charge >= 0.3 is 0 Å². The Balaban J connectivity index is 2.12. The van der Waals surface area contributed by atoms with Crippen molar-refractivity contribution in [3.05, 3.63) is 42.0 Å². The van der Waals surface area contributed by atoms with Gasteiger partial charge in [0.05, 0.1) is 19.3 Å². The third-order valence-corrected chi connectivity index (χ3v) is 3.42. The fourth-order valence-electron chi connectivity index (χ4n) is 2.35. The number of benzene rings is 1. The van der Waals surface area contributed by atoms with Gasteiger partial charge in [-0.05, 0) is 18.2 Å². The first-order valence-corrected chi connectivity index (χ1v) is 6.95. The number of nitrogens with zero attached hydrogens (tertiary/aromatic N) is 6. The highest BCUT2D eigenvalue weighted by Crippen LogP contribution is 2.30. The Bertz CT molecular complexity index is 914. The summed E-state index contributed by atoms with van der Waals surface area (Å²) < 4.78 is 7.04. The van der Waals surface area contributed by atoms with Crippen LogP contribution in [0.25, 0.3) is 11.3 Å². The maximum Gasteiger partial charge on any atom is 0.222 e. The average Bonchev–Trinajstić information content (AvgIpc) is 3.07. The van der Waals surface area contributed by atoms with E-state index in [1.807, 2.05) is 12.1 Å². The Morgan fingerprint density at radius 3 is 2.79 bits per heavy atom. The molecule has 120 valence electrons. The number of nitriles is 1. The lowest BCUT2D eigenvalue weighted by Crippen LogP contribution is -2.06. The minimum absolute atomic E-state index is 0.00939. The Morgan fingerprint density at radius 1 is 1.29 bits per heavy atom. The third kappa shape index (κ3) is 2.80. The normalized spacial score (nSPS) is 10.3. The lowest BCUT2D eigenvalue weighted by molar-refractivity contribution is 0.407. The third-order valence-electron chi connectivity index (χ3n) is 3.42. The summed E-state index contributed by atoms with van der Waals surface area (Å²) in [5.74, 6) is 0.742. The molecular weight excluding hydrogens is 308 g/mol. The molecule has 0 saturated heterocycles. The SMILES string of the molecule is COc1ccc(-c2nc(N)nc(N)c2C#N)cc1Cn1cncn1. The molecule has 9 nitrogen and oxygen atoms in total. The molecule has 9 heteroatoms. The van der Waals surface area contributed by atoms with Crippen molar-refractivity contribution in [1.29, 1.82) is 5.26 Å². The number of hydrogen-bond donors (Lipinski definition) is 2. The molecule has 0 atom stereocenters. The summed E-state index contributed by atoms with van der Waals surface area (Å²) in [6.07, 6.45) is 3.06. The zero-order valence-corrected chi connectivity index (χ0v) is 12.8. The summed E-state index contributed by atoms with van der Waals surface area (Å²) in [6.45, 7) is 0.453. The van der Waals surface area contributed by atoms with E-state index in [1.165, 1.54) is 6.33 Å². The topological polar surface area (TPSA) is 142 Å². The Kier molecular flexibility index (Phi) is 3.94. The largest absolute Gasteiger partial charge is 0.496 e. The summed E-state index contributed by atoms with van der Waals surface area (Å²) in [6, 6.07) is 7.44. The molecule has 24 heavy (non-hydrogen) atoms. The molecule has 0 aliphatic carbocycles. The van der Waals surface area contributed by atoms with Crippen molar-refractivity contribution in [2.45, 2.75) is 6.54 Å². The van der Waals surface area contributed by atoms with Crippen molar-refractivity contribution in [3.8, 4) is 23.1 Å². The number of hydrogen-bond acceptors (Lipinski definition) is 8. The predicted octanol–water partition coefficient (Wildman–Crippen LogP) is 0.828. The molecule has 0 aliphatic rings. The van der Waals surface area contributed by atoms with Crippen LogP contribution in [0.3, 0.4) is 0 Å². The molecule has 3 aromatic rings. The number of nitrogen functional groups attached to an aromatic ring is 2. The first kappa shape index (κ1) is 15.2. The van der Waals surface area contributed by atoms with Crippen LogP contribution >= 0.6 is 0 Å². The van der Waals surface area contributed by atoms with E-state index in [9.17, 15) is 5.26 Å². The molecule has 0 amide bonds. The van der Waals surface area contributed by atoms with Crippen molar-refractivity contribution in [2.24, 2.45) is 0 Å². The van der Waals surface area contributed by atoms with Crippen molar-refractivity contribution in [3.63, 3.8) is 0 Å². The first-order valence-electron chi connectivity index (χ1n) is 6.95. The van der Waals surface area contributed by atoms with Gasteiger partial charge < -0.3 is 16.2 Å². The molecule has 1 aromatic carbocycles. The lowest BCUT2D eigenvalue weighted by Gasteiger charge is -2.12. The minimum atomic E-state index is 0.00939. The van der Waals surface area contributed by atoms with Crippen molar-refractivity contribution < 1.29 is 4.74 Å². The highest BCUT2D eigenvalue weighted by molar-refractivity contribution is 5.74. The van der Waals surface area contributed by atoms with E-state index in [2.05, 4.69) is 20.1 Å². The highest BCUT2D eigenvalue weighted by atomic mass is 16.5. The van der Waals surface area contributed by atoms with Crippen LogP contribution in [-0.2, 0) is 6.54 Å². The van der Waals surface area contributed by atoms with Gasteiger partial charge in [-0.3, -0.25) is 0 Å². The van der Waals surface area contributed by atoms with Gasteiger partial charge in [0, 0.05) is 11.1 Å². The van der Waals surface area contributed by atoms with Gasteiger partial charge in [0.1, 0.15) is 35.9 Å². The van der Waals surface area contributed by atoms with Gasteiger partial charge in [-0.2, -0.15) is 15.3 Å². The second kappa shape index (κ2) is 6.21. The van der Waals surface area contributed by atoms with E-state index in [0.717, 1.165) is 5.56 Å². The Morgan fingerprint density at radius 2 is 2.12 bits per heavy atom. The van der Waals surface area contributed by atoms with Crippen LogP contribution in [0, 0.1) is 11.3 Å². The van der Waals surface area contributed by atoms with E-state index < -0.39 is 0 Å². The van der Waals surface area contributed by atoms with E-state index in [-0.39, 0.29) is 17.3 Å². The van der Waals surface area contributed by atoms with Gasteiger partial charge in [-0.15, -0.1) is 0 Å². The second-order valence-electron chi connectivity index (χ2n) is 4.92. The van der Waals surface area contributed by atoms with E-state index in [0.29, 0.717) is 23.6 Å². The van der Waals surface area contributed by atoms with Crippen LogP contribution in [-0.4, -0.2) is 31.8 Å². The number of aromatic nitrogens is 5. The molecule has 0 radical (unpaired) electrons. The maximum absolute atomic E-state index is 9.33. The standard InChI is InChI=1S/C15H14N8O/c1-24-12-3-2-9(4-10(12)6-23-8-19-7-20-23)13-11(5-16)14(17)22-15(18)21-13/h2-4,7-8H,6H2,1H3,(H4,17,18,21,22). The summed E-state index contributed by atoms with van der Waals surface area (Å²) in [7, 11) is 1.58. The Hall–Kier alpha value is -3.67. The van der Waals surface area contributed by atoms with Crippen molar-refractivity contribution in [1.82, 2.24) is 24.7 Å². The molecule has 0 aliphatic heterocycles. The van der Waals surface area contributed by atoms with Gasteiger partial charge in [0.2, 0.25) is 5.95 Å². The van der Waals surface area contributed by atoms with Gasteiger partial charge in [0.25, 0.3) is 0 Å². The van der Waals surface area contributed by atoms with Gasteiger partial charge in [-0.1, -0.05) is 0 Å². The zero-order valence-electron chi connectivity index (χ0n) is 12.8. The molecule has 4 N–H and O–H groups in total. The van der Waals surface area contributed by atoms with Crippen LogP contribution in [0.15, 0.2) is 30.9 Å². The molecule has 0 saturated carbocycles. The molecule has 0 unspecified atom stereocenters. The average molecular weight is 322 g/mol. The monoisotopic (exact) mass is 322 g/mol. The number of anilines is 2. The van der Waals surface area contributed by atoms with Crippen molar-refractivity contribution in [2.75, 3.05) is 18.6 Å². The quantitative estimate of drug-likeness (QED) is 0.719. The summed E-state index contributed by atoms with van der Waals surface area (Å²) in [4.78, 5) is 11.9. The van der Waals surface area contributed by atoms with E-state index in [4.69, 9.17) is 16.2 Å². The summed E-state index contributed by atoms with van der Waals surface area (Å²) in [5, 5.41) is 13.4. The maximum atomic E-state index is 9.33. The molecule has 3 rings (SSSR count). The van der Waals surface area contributed by atoms with Crippen LogP contribution < -0.4 is 16.2 Å². The second-order valence-corrected chi connectivity index (χ2v) is 4.92. The fraction of sp³-hybridized carbons (Fsp3) is 0.133. The molecule has 0 bridgehead atoms. The highest BCUT2D eigenvalue weighted by Gasteiger charge is 2.15. The van der Waals surface area contributed by atoms with Gasteiger partial charge in [-0.25, -0.2) is 14.6 Å². The molecule has 0 spiro atoms. The van der Waals surface area contributed by atoms with Gasteiger partial charge in [0.15, 0.2) is 0 Å². The molecule has 2 aromatic heterocycles. The number of methoxy groups -OCH3 is 1. The van der Waals surface area contributed by atoms with Crippen molar-refractivity contribution >= 4 is 11.8 Å². The molecular formula is C15H14N8O. The fourth-order valence-corrected chi connectivity index (χ4v) is 2.35. The number of ether oxygens (including phenoxy) is 1. The van der Waals surface area contributed by atoms with Crippen LogP contribution in [0.1, 0.15) is 11.1 Å². The summed E-state index contributed by atoms with van der Waals surface area (Å²) in [5.41, 5.74) is 13.5. The minimum Gasteiger partial charge on any atom is -0.496 e. The van der Waals surface area contributed by atoms with E-state index in [1.54, 1.807) is 30.3 Å².